The van der Waals surface area contributed by atoms with Gasteiger partial charge in [0, 0.05) is 24.0 Å². The predicted molar refractivity (Wildman–Crippen MR) is 138 cm³/mol. The van der Waals surface area contributed by atoms with Crippen LogP contribution in [0.2, 0.25) is 0 Å². The van der Waals surface area contributed by atoms with Crippen LogP contribution in [0, 0.1) is 17.2 Å². The van der Waals surface area contributed by atoms with Gasteiger partial charge in [0.2, 0.25) is 11.8 Å². The van der Waals surface area contributed by atoms with Crippen LogP contribution in [0.1, 0.15) is 63.5 Å². The van der Waals surface area contributed by atoms with Gasteiger partial charge in [-0.3, -0.25) is 9.59 Å². The fourth-order valence-corrected chi connectivity index (χ4v) is 5.09. The quantitative estimate of drug-likeness (QED) is 0.403. The summed E-state index contributed by atoms with van der Waals surface area (Å²) < 4.78 is 0.999. The highest BCUT2D eigenvalue weighted by atomic mass is 79.9. The molecular weight excluding hydrogens is 490 g/mol. The molecule has 1 aliphatic rings. The van der Waals surface area contributed by atoms with Gasteiger partial charge in [0.05, 0.1) is 11.5 Å². The third-order valence-electron chi connectivity index (χ3n) is 6.94. The van der Waals surface area contributed by atoms with Crippen LogP contribution in [0.3, 0.4) is 0 Å². The van der Waals surface area contributed by atoms with Gasteiger partial charge in [0.25, 0.3) is 0 Å². The number of carbonyl (C=O) groups is 2. The summed E-state index contributed by atoms with van der Waals surface area (Å²) in [4.78, 5) is 27.5. The van der Waals surface area contributed by atoms with Crippen molar-refractivity contribution in [3.05, 3.63) is 70.2 Å². The maximum absolute atomic E-state index is 12.9. The van der Waals surface area contributed by atoms with E-state index >= 15 is 0 Å². The number of unbranched alkanes of at least 4 members (excludes halogenated alkanes) is 1. The topological polar surface area (TPSA) is 73.2 Å². The van der Waals surface area contributed by atoms with E-state index in [0.29, 0.717) is 32.4 Å². The minimum Gasteiger partial charge on any atom is -0.350 e. The Morgan fingerprint density at radius 3 is 2.50 bits per heavy atom. The second kappa shape index (κ2) is 12.2. The molecule has 0 spiro atoms. The lowest BCUT2D eigenvalue weighted by molar-refractivity contribution is -0.138. The Bertz CT molecular complexity index is 1000. The van der Waals surface area contributed by atoms with Crippen LogP contribution in [-0.4, -0.2) is 29.3 Å². The first-order chi connectivity index (χ1) is 16.4. The minimum atomic E-state index is -0.548. The zero-order valence-electron chi connectivity index (χ0n) is 20.1. The highest BCUT2D eigenvalue weighted by molar-refractivity contribution is 9.10. The zero-order chi connectivity index (χ0) is 24.6. The number of likely N-dealkylation sites (tertiary alicyclic amines) is 1. The third kappa shape index (κ3) is 6.27. The van der Waals surface area contributed by atoms with Crippen molar-refractivity contribution in [1.29, 1.82) is 5.26 Å². The van der Waals surface area contributed by atoms with Crippen molar-refractivity contribution in [3.63, 3.8) is 0 Å². The van der Waals surface area contributed by atoms with Gasteiger partial charge in [0.1, 0.15) is 6.04 Å². The summed E-state index contributed by atoms with van der Waals surface area (Å²) in [7, 11) is 0. The molecule has 1 N–H and O–H groups in total. The number of hydrogen-bond acceptors (Lipinski definition) is 3. The predicted octanol–water partition coefficient (Wildman–Crippen LogP) is 5.73. The first-order valence-corrected chi connectivity index (χ1v) is 12.9. The largest absolute Gasteiger partial charge is 0.350 e. The van der Waals surface area contributed by atoms with Crippen molar-refractivity contribution in [3.8, 4) is 6.07 Å². The molecule has 34 heavy (non-hydrogen) atoms. The molecule has 6 heteroatoms. The highest BCUT2D eigenvalue weighted by Gasteiger charge is 2.36. The number of nitrogens with one attached hydrogen (secondary N) is 1. The Morgan fingerprint density at radius 2 is 1.85 bits per heavy atom. The number of hydrogen-bond donors (Lipinski definition) is 1. The molecule has 1 aliphatic heterocycles. The van der Waals surface area contributed by atoms with Crippen molar-refractivity contribution in [2.24, 2.45) is 5.92 Å². The molecule has 0 radical (unpaired) electrons. The van der Waals surface area contributed by atoms with Gasteiger partial charge in [0.15, 0.2) is 0 Å². The Labute approximate surface area is 211 Å². The maximum Gasteiger partial charge on any atom is 0.243 e. The van der Waals surface area contributed by atoms with E-state index in [9.17, 15) is 14.9 Å². The van der Waals surface area contributed by atoms with Gasteiger partial charge < -0.3 is 10.2 Å². The van der Waals surface area contributed by atoms with Gasteiger partial charge >= 0.3 is 0 Å². The Balaban J connectivity index is 1.51. The first-order valence-electron chi connectivity index (χ1n) is 12.2. The summed E-state index contributed by atoms with van der Waals surface area (Å²) in [6.45, 7) is 5.26. The van der Waals surface area contributed by atoms with E-state index in [1.54, 1.807) is 4.90 Å². The number of benzene rings is 2. The molecule has 1 saturated heterocycles. The standard InChI is InChI=1S/C28H34BrN3O2/c1-21(2)28(20-30,23-9-4-3-5-10-23)17-7-6-12-26(33)32-18-8-11-25(32)27(34)31-19-22-13-15-24(29)16-14-22/h3-5,9-10,13-16,21,25H,6-8,11-12,17-19H2,1-2H3,(H,31,34)/t25-,28+/m1/s1. The fourth-order valence-electron chi connectivity index (χ4n) is 4.82. The highest BCUT2D eigenvalue weighted by Crippen LogP contribution is 2.37. The normalized spacial score (nSPS) is 17.3. The summed E-state index contributed by atoms with van der Waals surface area (Å²) in [6.07, 6.45) is 4.18. The molecule has 5 nitrogen and oxygen atoms in total. The summed E-state index contributed by atoms with van der Waals surface area (Å²) >= 11 is 3.42. The Hall–Kier alpha value is -2.65. The Kier molecular flexibility index (Phi) is 9.29. The van der Waals surface area contributed by atoms with Crippen LogP contribution in [0.5, 0.6) is 0 Å². The average Bonchev–Trinajstić information content (AvgIpc) is 3.34. The lowest BCUT2D eigenvalue weighted by Gasteiger charge is -2.31. The van der Waals surface area contributed by atoms with Gasteiger partial charge in [-0.15, -0.1) is 0 Å². The molecular formula is C28H34BrN3O2. The first kappa shape index (κ1) is 26.0. The van der Waals surface area contributed by atoms with Crippen LogP contribution in [0.25, 0.3) is 0 Å². The van der Waals surface area contributed by atoms with E-state index in [1.807, 2.05) is 54.6 Å². The molecule has 2 aromatic rings. The van der Waals surface area contributed by atoms with Crippen molar-refractivity contribution in [2.75, 3.05) is 6.54 Å². The third-order valence-corrected chi connectivity index (χ3v) is 7.47. The van der Waals surface area contributed by atoms with Gasteiger partial charge in [-0.2, -0.15) is 5.26 Å². The molecule has 3 rings (SSSR count). The SMILES string of the molecule is CC(C)[C@@](C#N)(CCCCC(=O)N1CCC[C@@H]1C(=O)NCc1ccc(Br)cc1)c1ccccc1. The molecule has 1 heterocycles. The smallest absolute Gasteiger partial charge is 0.243 e. The molecule has 0 bridgehead atoms. The number of nitrogens with zero attached hydrogens (tertiary/aromatic N) is 2. The molecule has 1 fully saturated rings. The second-order valence-corrected chi connectivity index (χ2v) is 10.3. The number of amides is 2. The molecule has 2 amide bonds. The summed E-state index contributed by atoms with van der Waals surface area (Å²) in [5.74, 6) is 0.127. The van der Waals surface area contributed by atoms with E-state index < -0.39 is 5.41 Å². The molecule has 0 saturated carbocycles. The van der Waals surface area contributed by atoms with Gasteiger partial charge in [-0.25, -0.2) is 0 Å². The molecule has 180 valence electrons. The van der Waals surface area contributed by atoms with Crippen LogP contribution in [-0.2, 0) is 21.5 Å². The number of carbonyl (C=O) groups excluding carboxylic acids is 2. The molecule has 2 aromatic carbocycles. The minimum absolute atomic E-state index is 0.0353. The summed E-state index contributed by atoms with van der Waals surface area (Å²) in [5.41, 5.74) is 1.52. The number of halogens is 1. The van der Waals surface area contributed by atoms with Crippen LogP contribution in [0.4, 0.5) is 0 Å². The average molecular weight is 525 g/mol. The van der Waals surface area contributed by atoms with Crippen molar-refractivity contribution < 1.29 is 9.59 Å². The summed E-state index contributed by atoms with van der Waals surface area (Å²) in [5, 5.41) is 13.0. The fraction of sp³-hybridized carbons (Fsp3) is 0.464. The molecule has 0 aliphatic carbocycles. The summed E-state index contributed by atoms with van der Waals surface area (Å²) in [6, 6.07) is 20.0. The van der Waals surface area contributed by atoms with Crippen molar-refractivity contribution in [1.82, 2.24) is 10.2 Å². The Morgan fingerprint density at radius 1 is 1.15 bits per heavy atom. The van der Waals surface area contributed by atoms with Crippen molar-refractivity contribution >= 4 is 27.7 Å². The van der Waals surface area contributed by atoms with E-state index in [-0.39, 0.29) is 23.8 Å². The monoisotopic (exact) mass is 523 g/mol. The second-order valence-electron chi connectivity index (χ2n) is 9.40. The maximum atomic E-state index is 12.9. The van der Waals surface area contributed by atoms with Gasteiger partial charge in [-0.1, -0.05) is 78.7 Å². The van der Waals surface area contributed by atoms with Gasteiger partial charge in [-0.05, 0) is 54.9 Å². The molecule has 2 atom stereocenters. The van der Waals surface area contributed by atoms with Crippen LogP contribution >= 0.6 is 15.9 Å². The lowest BCUT2D eigenvalue weighted by Crippen LogP contribution is -2.45. The molecule has 0 aromatic heterocycles. The van der Waals surface area contributed by atoms with Crippen molar-refractivity contribution in [2.45, 2.75) is 70.4 Å². The van der Waals surface area contributed by atoms with E-state index in [1.165, 1.54) is 0 Å². The van der Waals surface area contributed by atoms with E-state index in [4.69, 9.17) is 0 Å². The molecule has 0 unspecified atom stereocenters. The van der Waals surface area contributed by atoms with E-state index in [2.05, 4.69) is 41.2 Å². The number of rotatable bonds is 10. The lowest BCUT2D eigenvalue weighted by atomic mass is 9.69. The number of nitriles is 1. The van der Waals surface area contributed by atoms with Crippen LogP contribution in [0.15, 0.2) is 59.1 Å². The van der Waals surface area contributed by atoms with E-state index in [0.717, 1.165) is 34.9 Å². The zero-order valence-corrected chi connectivity index (χ0v) is 21.7. The van der Waals surface area contributed by atoms with Crippen LogP contribution < -0.4 is 5.32 Å².